The minimum absolute atomic E-state index is 0.0833. The Balaban J connectivity index is 1.86. The maximum atomic E-state index is 11.6. The molecule has 0 radical (unpaired) electrons. The highest BCUT2D eigenvalue weighted by Crippen LogP contribution is 2.18. The second-order valence-electron chi connectivity index (χ2n) is 6.10. The molecule has 23 heavy (non-hydrogen) atoms. The molecule has 0 aliphatic carbocycles. The lowest BCUT2D eigenvalue weighted by molar-refractivity contribution is -0.00546. The van der Waals surface area contributed by atoms with Crippen LogP contribution >= 0.6 is 0 Å². The number of morpholine rings is 1. The van der Waals surface area contributed by atoms with E-state index in [0.717, 1.165) is 24.5 Å². The first-order valence-corrected chi connectivity index (χ1v) is 7.98. The summed E-state index contributed by atoms with van der Waals surface area (Å²) in [5.74, 6) is 0.925. The van der Waals surface area contributed by atoms with E-state index in [0.29, 0.717) is 6.54 Å². The fourth-order valence-electron chi connectivity index (χ4n) is 2.58. The molecule has 1 aromatic heterocycles. The van der Waals surface area contributed by atoms with Gasteiger partial charge in [-0.15, -0.1) is 0 Å². The average Bonchev–Trinajstić information content (AvgIpc) is 2.52. The van der Waals surface area contributed by atoms with Crippen molar-refractivity contribution in [2.75, 3.05) is 24.6 Å². The number of carbonyl (C=O) groups is 1. The van der Waals surface area contributed by atoms with E-state index >= 15 is 0 Å². The number of carbonyl (C=O) groups excluding carboxylic acids is 1. The third-order valence-electron chi connectivity index (χ3n) is 3.66. The molecule has 0 bridgehead atoms. The third kappa shape index (κ3) is 5.37. The molecule has 0 unspecified atom stereocenters. The number of aliphatic hydroxyl groups is 1. The first-order valence-electron chi connectivity index (χ1n) is 7.98. The van der Waals surface area contributed by atoms with Crippen LogP contribution < -0.4 is 15.5 Å². The Hall–Kier alpha value is -1.86. The van der Waals surface area contributed by atoms with Crippen LogP contribution in [0.25, 0.3) is 0 Å². The minimum atomic E-state index is -0.300. The number of rotatable bonds is 5. The Kier molecular flexibility index (Phi) is 6.18. The second-order valence-corrected chi connectivity index (χ2v) is 6.10. The molecule has 2 heterocycles. The van der Waals surface area contributed by atoms with Gasteiger partial charge in [0.05, 0.1) is 24.9 Å². The zero-order valence-corrected chi connectivity index (χ0v) is 14.0. The number of urea groups is 1. The van der Waals surface area contributed by atoms with Crippen LogP contribution in [0, 0.1) is 0 Å². The summed E-state index contributed by atoms with van der Waals surface area (Å²) >= 11 is 0. The van der Waals surface area contributed by atoms with Crippen LogP contribution in [0.15, 0.2) is 18.3 Å². The van der Waals surface area contributed by atoms with Crippen LogP contribution in [-0.4, -0.2) is 54.1 Å². The zero-order chi connectivity index (χ0) is 16.8. The summed E-state index contributed by atoms with van der Waals surface area (Å²) in [5, 5.41) is 14.3. The number of nitrogens with one attached hydrogen (secondary N) is 2. The highest BCUT2D eigenvalue weighted by Gasteiger charge is 2.22. The Morgan fingerprint density at radius 3 is 2.70 bits per heavy atom. The summed E-state index contributed by atoms with van der Waals surface area (Å²) in [4.78, 5) is 18.3. The molecule has 0 saturated carbocycles. The quantitative estimate of drug-likeness (QED) is 0.749. The van der Waals surface area contributed by atoms with E-state index in [-0.39, 0.29) is 30.9 Å². The number of nitrogens with zero attached hydrogens (tertiary/aromatic N) is 2. The van der Waals surface area contributed by atoms with Crippen molar-refractivity contribution >= 4 is 11.8 Å². The molecule has 1 saturated heterocycles. The molecule has 3 atom stereocenters. The lowest BCUT2D eigenvalue weighted by Gasteiger charge is -2.36. The highest BCUT2D eigenvalue weighted by molar-refractivity contribution is 5.74. The molecule has 1 fully saturated rings. The number of amides is 2. The standard InChI is InChI=1S/C16H26N4O3/c1-11(10-21)19-16(22)18-7-14-4-5-15(17-6-14)20-8-12(2)23-13(3)9-20/h4-6,11-13,21H,7-10H2,1-3H3,(H2,18,19,22)/t11-,12-,13-/m1/s1. The first kappa shape index (κ1) is 17.5. The first-order chi connectivity index (χ1) is 11.0. The molecule has 0 spiro atoms. The summed E-state index contributed by atoms with van der Waals surface area (Å²) in [7, 11) is 0. The van der Waals surface area contributed by atoms with Crippen molar-refractivity contribution in [1.29, 1.82) is 0 Å². The molecule has 1 aliphatic rings. The molecular weight excluding hydrogens is 296 g/mol. The van der Waals surface area contributed by atoms with Crippen LogP contribution in [0.3, 0.4) is 0 Å². The van der Waals surface area contributed by atoms with E-state index in [9.17, 15) is 4.79 Å². The number of pyridine rings is 1. The van der Waals surface area contributed by atoms with Gasteiger partial charge in [0.2, 0.25) is 0 Å². The van der Waals surface area contributed by atoms with E-state index in [4.69, 9.17) is 9.84 Å². The predicted octanol–water partition coefficient (Wildman–Crippen LogP) is 0.875. The normalized spacial score (nSPS) is 22.5. The summed E-state index contributed by atoms with van der Waals surface area (Å²) < 4.78 is 5.73. The number of ether oxygens (including phenoxy) is 1. The van der Waals surface area contributed by atoms with Gasteiger partial charge >= 0.3 is 6.03 Å². The van der Waals surface area contributed by atoms with Gasteiger partial charge in [0, 0.05) is 25.8 Å². The summed E-state index contributed by atoms with van der Waals surface area (Å²) in [5.41, 5.74) is 0.926. The molecule has 1 aromatic rings. The summed E-state index contributed by atoms with van der Waals surface area (Å²) in [6.07, 6.45) is 2.16. The highest BCUT2D eigenvalue weighted by atomic mass is 16.5. The van der Waals surface area contributed by atoms with Crippen molar-refractivity contribution in [2.45, 2.75) is 45.6 Å². The Labute approximate surface area is 137 Å². The van der Waals surface area contributed by atoms with Gasteiger partial charge < -0.3 is 25.4 Å². The lowest BCUT2D eigenvalue weighted by Crippen LogP contribution is -2.45. The van der Waals surface area contributed by atoms with Crippen molar-refractivity contribution in [1.82, 2.24) is 15.6 Å². The molecule has 7 heteroatoms. The van der Waals surface area contributed by atoms with Crippen molar-refractivity contribution in [2.24, 2.45) is 0 Å². The number of aliphatic hydroxyl groups excluding tert-OH is 1. The Bertz CT molecular complexity index is 499. The van der Waals surface area contributed by atoms with Crippen LogP contribution in [-0.2, 0) is 11.3 Å². The molecule has 3 N–H and O–H groups in total. The van der Waals surface area contributed by atoms with Gasteiger partial charge in [0.15, 0.2) is 0 Å². The SMILES string of the molecule is C[C@H](CO)NC(=O)NCc1ccc(N2C[C@@H](C)O[C@H](C)C2)nc1. The van der Waals surface area contributed by atoms with E-state index in [1.165, 1.54) is 0 Å². The number of aromatic nitrogens is 1. The van der Waals surface area contributed by atoms with Crippen molar-refractivity contribution in [3.05, 3.63) is 23.9 Å². The number of anilines is 1. The van der Waals surface area contributed by atoms with E-state index in [1.54, 1.807) is 13.1 Å². The Morgan fingerprint density at radius 2 is 2.13 bits per heavy atom. The van der Waals surface area contributed by atoms with Gasteiger partial charge in [0.1, 0.15) is 5.82 Å². The maximum absolute atomic E-state index is 11.6. The third-order valence-corrected chi connectivity index (χ3v) is 3.66. The summed E-state index contributed by atoms with van der Waals surface area (Å²) in [6, 6.07) is 3.37. The molecule has 1 aliphatic heterocycles. The van der Waals surface area contributed by atoms with Gasteiger partial charge in [-0.3, -0.25) is 0 Å². The molecule has 2 amide bonds. The van der Waals surface area contributed by atoms with E-state index in [1.807, 2.05) is 12.1 Å². The lowest BCUT2D eigenvalue weighted by atomic mass is 10.2. The van der Waals surface area contributed by atoms with Crippen LogP contribution in [0.1, 0.15) is 26.3 Å². The van der Waals surface area contributed by atoms with Gasteiger partial charge in [-0.25, -0.2) is 9.78 Å². The van der Waals surface area contributed by atoms with Crippen LogP contribution in [0.4, 0.5) is 10.6 Å². The van der Waals surface area contributed by atoms with Crippen molar-refractivity contribution in [3.63, 3.8) is 0 Å². The molecule has 7 nitrogen and oxygen atoms in total. The van der Waals surface area contributed by atoms with E-state index in [2.05, 4.69) is 34.4 Å². The molecule has 0 aromatic carbocycles. The number of hydrogen-bond donors (Lipinski definition) is 3. The molecule has 128 valence electrons. The fraction of sp³-hybridized carbons (Fsp3) is 0.625. The van der Waals surface area contributed by atoms with Gasteiger partial charge in [-0.1, -0.05) is 6.07 Å². The molecule has 2 rings (SSSR count). The van der Waals surface area contributed by atoms with Gasteiger partial charge in [0.25, 0.3) is 0 Å². The van der Waals surface area contributed by atoms with Crippen LogP contribution in [0.2, 0.25) is 0 Å². The van der Waals surface area contributed by atoms with Gasteiger partial charge in [-0.2, -0.15) is 0 Å². The van der Waals surface area contributed by atoms with Gasteiger partial charge in [-0.05, 0) is 32.4 Å². The van der Waals surface area contributed by atoms with E-state index < -0.39 is 0 Å². The zero-order valence-electron chi connectivity index (χ0n) is 14.0. The predicted molar refractivity (Wildman–Crippen MR) is 88.4 cm³/mol. The Morgan fingerprint density at radius 1 is 1.43 bits per heavy atom. The second kappa shape index (κ2) is 8.12. The smallest absolute Gasteiger partial charge is 0.315 e. The fourth-order valence-corrected chi connectivity index (χ4v) is 2.58. The maximum Gasteiger partial charge on any atom is 0.315 e. The topological polar surface area (TPSA) is 86.7 Å². The molecular formula is C16H26N4O3. The van der Waals surface area contributed by atoms with Crippen molar-refractivity contribution in [3.8, 4) is 0 Å². The minimum Gasteiger partial charge on any atom is -0.394 e. The summed E-state index contributed by atoms with van der Waals surface area (Å²) in [6.45, 7) is 7.83. The monoisotopic (exact) mass is 322 g/mol. The average molecular weight is 322 g/mol. The largest absolute Gasteiger partial charge is 0.394 e. The van der Waals surface area contributed by atoms with Crippen LogP contribution in [0.5, 0.6) is 0 Å². The number of hydrogen-bond acceptors (Lipinski definition) is 5. The van der Waals surface area contributed by atoms with Crippen molar-refractivity contribution < 1.29 is 14.6 Å².